The number of nitrogens with zero attached hydrogens (tertiary/aromatic N) is 6. The zero-order chi connectivity index (χ0) is 21.6. The molecule has 0 atom stereocenters. The van der Waals surface area contributed by atoms with Crippen molar-refractivity contribution in [3.05, 3.63) is 29.8 Å². The number of hydrogen-bond acceptors (Lipinski definition) is 6. The van der Waals surface area contributed by atoms with Crippen LogP contribution in [0.25, 0.3) is 22.2 Å². The van der Waals surface area contributed by atoms with Crippen LogP contribution in [0.2, 0.25) is 0 Å². The molecule has 0 unspecified atom stereocenters. The molecule has 0 aromatic carbocycles. The van der Waals surface area contributed by atoms with E-state index in [1.807, 2.05) is 23.7 Å². The Bertz CT molecular complexity index is 1090. The highest BCUT2D eigenvalue weighted by Gasteiger charge is 2.30. The largest absolute Gasteiger partial charge is 0.477 e. The second kappa shape index (κ2) is 7.34. The molecule has 3 aromatic rings. The van der Waals surface area contributed by atoms with Crippen LogP contribution in [0.1, 0.15) is 68.7 Å². The Morgan fingerprint density at radius 2 is 1.80 bits per heavy atom. The molecule has 3 aromatic heterocycles. The number of aromatic carboxylic acids is 1. The van der Waals surface area contributed by atoms with E-state index in [0.29, 0.717) is 11.6 Å². The molecule has 8 heteroatoms. The van der Waals surface area contributed by atoms with Crippen molar-refractivity contribution in [1.29, 1.82) is 0 Å². The molecule has 1 fully saturated rings. The topological polar surface area (TPSA) is 97.0 Å². The van der Waals surface area contributed by atoms with Crippen molar-refractivity contribution in [3.8, 4) is 11.1 Å². The van der Waals surface area contributed by atoms with Crippen molar-refractivity contribution >= 4 is 23.0 Å². The summed E-state index contributed by atoms with van der Waals surface area (Å²) in [6.45, 7) is 6.36. The molecular formula is C22H28N6O2. The van der Waals surface area contributed by atoms with Gasteiger partial charge in [-0.3, -0.25) is 0 Å². The maximum atomic E-state index is 11.9. The third kappa shape index (κ3) is 3.51. The fourth-order valence-corrected chi connectivity index (χ4v) is 4.09. The average molecular weight is 409 g/mol. The van der Waals surface area contributed by atoms with Crippen LogP contribution < -0.4 is 4.90 Å². The molecule has 1 N–H and O–H groups in total. The molecule has 3 heterocycles. The molecule has 158 valence electrons. The smallest absolute Gasteiger partial charge is 0.354 e. The van der Waals surface area contributed by atoms with E-state index < -0.39 is 5.97 Å². The highest BCUT2D eigenvalue weighted by Crippen LogP contribution is 2.39. The van der Waals surface area contributed by atoms with Crippen molar-refractivity contribution in [2.45, 2.75) is 57.9 Å². The Balaban J connectivity index is 2.03. The van der Waals surface area contributed by atoms with Gasteiger partial charge in [0.15, 0.2) is 11.3 Å². The summed E-state index contributed by atoms with van der Waals surface area (Å²) >= 11 is 0. The molecule has 1 aliphatic carbocycles. The highest BCUT2D eigenvalue weighted by molar-refractivity contribution is 5.99. The number of anilines is 1. The van der Waals surface area contributed by atoms with Gasteiger partial charge in [-0.1, -0.05) is 33.6 Å². The summed E-state index contributed by atoms with van der Waals surface area (Å²) in [6.07, 6.45) is 7.86. The maximum absolute atomic E-state index is 11.9. The van der Waals surface area contributed by atoms with Gasteiger partial charge in [0.25, 0.3) is 0 Å². The Morgan fingerprint density at radius 1 is 1.17 bits per heavy atom. The number of pyridine rings is 1. The van der Waals surface area contributed by atoms with Crippen molar-refractivity contribution in [1.82, 2.24) is 24.7 Å². The van der Waals surface area contributed by atoms with E-state index in [4.69, 9.17) is 5.10 Å². The van der Waals surface area contributed by atoms with Crippen LogP contribution >= 0.6 is 0 Å². The van der Waals surface area contributed by atoms with Crippen LogP contribution in [-0.4, -0.2) is 49.9 Å². The van der Waals surface area contributed by atoms with Crippen LogP contribution in [0.4, 0.5) is 5.95 Å². The van der Waals surface area contributed by atoms with Crippen LogP contribution in [0, 0.1) is 0 Å². The highest BCUT2D eigenvalue weighted by atomic mass is 16.4. The lowest BCUT2D eigenvalue weighted by Gasteiger charge is -2.17. The van der Waals surface area contributed by atoms with Gasteiger partial charge in [-0.05, 0) is 18.9 Å². The zero-order valence-corrected chi connectivity index (χ0v) is 18.2. The summed E-state index contributed by atoms with van der Waals surface area (Å²) in [5.74, 6) is -0.458. The molecular weight excluding hydrogens is 380 g/mol. The molecule has 0 radical (unpaired) electrons. The molecule has 0 bridgehead atoms. The van der Waals surface area contributed by atoms with Gasteiger partial charge in [0.1, 0.15) is 0 Å². The summed E-state index contributed by atoms with van der Waals surface area (Å²) in [5, 5.41) is 15.6. The summed E-state index contributed by atoms with van der Waals surface area (Å²) < 4.78 is 1.97. The van der Waals surface area contributed by atoms with E-state index in [1.54, 1.807) is 18.5 Å². The molecule has 0 aliphatic heterocycles. The minimum atomic E-state index is -1.06. The van der Waals surface area contributed by atoms with Gasteiger partial charge >= 0.3 is 5.97 Å². The number of fused-ring (bicyclic) bond motifs is 1. The van der Waals surface area contributed by atoms with Crippen molar-refractivity contribution < 1.29 is 9.90 Å². The monoisotopic (exact) mass is 408 g/mol. The molecule has 30 heavy (non-hydrogen) atoms. The van der Waals surface area contributed by atoms with Gasteiger partial charge in [0.2, 0.25) is 5.95 Å². The van der Waals surface area contributed by atoms with E-state index in [9.17, 15) is 9.90 Å². The lowest BCUT2D eigenvalue weighted by Crippen LogP contribution is -2.14. The van der Waals surface area contributed by atoms with Crippen LogP contribution in [0.3, 0.4) is 0 Å². The van der Waals surface area contributed by atoms with E-state index in [1.165, 1.54) is 0 Å². The quantitative estimate of drug-likeness (QED) is 0.695. The summed E-state index contributed by atoms with van der Waals surface area (Å²) in [4.78, 5) is 27.1. The number of carboxylic acid groups (broad SMARTS) is 1. The van der Waals surface area contributed by atoms with Crippen LogP contribution in [0.15, 0.2) is 18.5 Å². The van der Waals surface area contributed by atoms with Gasteiger partial charge in [0.05, 0.1) is 17.1 Å². The maximum Gasteiger partial charge on any atom is 0.354 e. The van der Waals surface area contributed by atoms with Crippen molar-refractivity contribution in [2.24, 2.45) is 0 Å². The Morgan fingerprint density at radius 3 is 2.33 bits per heavy atom. The minimum Gasteiger partial charge on any atom is -0.477 e. The normalized spacial score (nSPS) is 15.1. The second-order valence-electron chi connectivity index (χ2n) is 9.21. The predicted octanol–water partition coefficient (Wildman–Crippen LogP) is 4.07. The molecule has 8 nitrogen and oxygen atoms in total. The molecule has 1 saturated carbocycles. The zero-order valence-electron chi connectivity index (χ0n) is 18.2. The Kier molecular flexibility index (Phi) is 4.95. The number of aromatic nitrogens is 5. The Labute approximate surface area is 176 Å². The predicted molar refractivity (Wildman–Crippen MR) is 116 cm³/mol. The first-order chi connectivity index (χ1) is 14.2. The lowest BCUT2D eigenvalue weighted by molar-refractivity contribution is 0.0691. The molecule has 4 rings (SSSR count). The number of hydrogen-bond donors (Lipinski definition) is 1. The van der Waals surface area contributed by atoms with E-state index in [2.05, 4.69) is 35.7 Å². The van der Waals surface area contributed by atoms with Gasteiger partial charge in [0, 0.05) is 43.0 Å². The number of rotatable bonds is 4. The SMILES string of the molecule is CN(C)c1ncc(-c2cc(C(=O)O)nc3c2c(C(C)(C)C)nn3C2CCCC2)cn1. The van der Waals surface area contributed by atoms with Gasteiger partial charge < -0.3 is 10.0 Å². The fourth-order valence-electron chi connectivity index (χ4n) is 4.09. The molecule has 0 spiro atoms. The first-order valence-electron chi connectivity index (χ1n) is 10.3. The third-order valence-corrected chi connectivity index (χ3v) is 5.61. The van der Waals surface area contributed by atoms with Crippen LogP contribution in [0.5, 0.6) is 0 Å². The molecule has 0 saturated heterocycles. The van der Waals surface area contributed by atoms with Gasteiger partial charge in [-0.2, -0.15) is 5.10 Å². The molecule has 1 aliphatic rings. The summed E-state index contributed by atoms with van der Waals surface area (Å²) in [7, 11) is 3.76. The van der Waals surface area contributed by atoms with E-state index in [-0.39, 0.29) is 17.2 Å². The molecule has 0 amide bonds. The minimum absolute atomic E-state index is 0.00814. The fraction of sp³-hybridized carbons (Fsp3) is 0.500. The first-order valence-corrected chi connectivity index (χ1v) is 10.3. The second-order valence-corrected chi connectivity index (χ2v) is 9.21. The van der Waals surface area contributed by atoms with E-state index >= 15 is 0 Å². The standard InChI is InChI=1S/C22H28N6O2/c1-22(2,3)18-17-15(13-11-23-21(24-12-13)27(4)5)10-16(20(29)30)25-19(17)28(26-18)14-8-6-7-9-14/h10-12,14H,6-9H2,1-5H3,(H,29,30). The number of carbonyl (C=O) groups is 1. The van der Waals surface area contributed by atoms with E-state index in [0.717, 1.165) is 47.9 Å². The van der Waals surface area contributed by atoms with Crippen molar-refractivity contribution in [3.63, 3.8) is 0 Å². The number of carboxylic acids is 1. The third-order valence-electron chi connectivity index (χ3n) is 5.61. The lowest BCUT2D eigenvalue weighted by atomic mass is 9.88. The average Bonchev–Trinajstić information content (AvgIpc) is 3.34. The van der Waals surface area contributed by atoms with Gasteiger partial charge in [-0.25, -0.2) is 24.4 Å². The first kappa shape index (κ1) is 20.3. The summed E-state index contributed by atoms with van der Waals surface area (Å²) in [5.41, 5.74) is 2.85. The summed E-state index contributed by atoms with van der Waals surface area (Å²) in [6, 6.07) is 1.87. The van der Waals surface area contributed by atoms with Crippen LogP contribution in [-0.2, 0) is 5.41 Å². The van der Waals surface area contributed by atoms with Gasteiger partial charge in [-0.15, -0.1) is 0 Å². The van der Waals surface area contributed by atoms with Crippen molar-refractivity contribution in [2.75, 3.05) is 19.0 Å². The Hall–Kier alpha value is -3.03.